The molecule has 0 amide bonds. The number of nitrogens with one attached hydrogen (secondary N) is 1. The van der Waals surface area contributed by atoms with Gasteiger partial charge in [-0.3, -0.25) is 4.57 Å². The van der Waals surface area contributed by atoms with Crippen molar-refractivity contribution in [2.24, 2.45) is 0 Å². The molecule has 0 bridgehead atoms. The summed E-state index contributed by atoms with van der Waals surface area (Å²) in [6, 6.07) is 14.4. The Morgan fingerprint density at radius 1 is 1.14 bits per heavy atom. The third-order valence-electron chi connectivity index (χ3n) is 3.66. The normalized spacial score (nSPS) is 11.1. The molecule has 0 aliphatic carbocycles. The van der Waals surface area contributed by atoms with Crippen molar-refractivity contribution in [3.8, 4) is 5.69 Å². The van der Waals surface area contributed by atoms with Gasteiger partial charge in [0.1, 0.15) is 0 Å². The first-order valence-electron chi connectivity index (χ1n) is 7.18. The molecule has 0 radical (unpaired) electrons. The highest BCUT2D eigenvalue weighted by Gasteiger charge is 2.07. The monoisotopic (exact) mass is 316 g/mol. The molecule has 0 spiro atoms. The van der Waals surface area contributed by atoms with Crippen molar-refractivity contribution in [2.45, 2.75) is 26.2 Å². The molecular formula is C17H17ClN2S. The third-order valence-corrected chi connectivity index (χ3v) is 4.18. The number of aromatic amines is 1. The van der Waals surface area contributed by atoms with Crippen LogP contribution in [0.1, 0.15) is 25.3 Å². The molecule has 0 aliphatic rings. The number of rotatable bonds is 4. The van der Waals surface area contributed by atoms with Gasteiger partial charge in [-0.2, -0.15) is 0 Å². The molecule has 0 unspecified atom stereocenters. The Morgan fingerprint density at radius 3 is 2.62 bits per heavy atom. The van der Waals surface area contributed by atoms with Crippen LogP contribution in [0.15, 0.2) is 42.5 Å². The van der Waals surface area contributed by atoms with E-state index >= 15 is 0 Å². The summed E-state index contributed by atoms with van der Waals surface area (Å²) >= 11 is 11.6. The molecule has 3 aromatic rings. The Bertz CT molecular complexity index is 815. The van der Waals surface area contributed by atoms with E-state index in [-0.39, 0.29) is 0 Å². The van der Waals surface area contributed by atoms with E-state index in [1.165, 1.54) is 18.4 Å². The van der Waals surface area contributed by atoms with Crippen LogP contribution in [0.3, 0.4) is 0 Å². The van der Waals surface area contributed by atoms with Gasteiger partial charge >= 0.3 is 0 Å². The van der Waals surface area contributed by atoms with Crippen molar-refractivity contribution >= 4 is 34.9 Å². The lowest BCUT2D eigenvalue weighted by Crippen LogP contribution is -1.94. The van der Waals surface area contributed by atoms with E-state index in [4.69, 9.17) is 23.8 Å². The van der Waals surface area contributed by atoms with Crippen LogP contribution in [-0.2, 0) is 6.42 Å². The number of hydrogen-bond donors (Lipinski definition) is 1. The predicted molar refractivity (Wildman–Crippen MR) is 92.1 cm³/mol. The van der Waals surface area contributed by atoms with Crippen LogP contribution in [0.25, 0.3) is 16.7 Å². The zero-order valence-electron chi connectivity index (χ0n) is 11.9. The first-order chi connectivity index (χ1) is 10.2. The number of aryl methyl sites for hydroxylation is 1. The molecule has 0 saturated carbocycles. The lowest BCUT2D eigenvalue weighted by molar-refractivity contribution is 0.795. The fourth-order valence-electron chi connectivity index (χ4n) is 2.52. The summed E-state index contributed by atoms with van der Waals surface area (Å²) < 4.78 is 2.72. The van der Waals surface area contributed by atoms with Gasteiger partial charge in [-0.25, -0.2) is 0 Å². The summed E-state index contributed by atoms with van der Waals surface area (Å²) in [5.41, 5.74) is 4.44. The van der Waals surface area contributed by atoms with Crippen LogP contribution in [0, 0.1) is 4.77 Å². The fraction of sp³-hybridized carbons (Fsp3) is 0.235. The van der Waals surface area contributed by atoms with E-state index in [0.717, 1.165) is 23.1 Å². The Labute approximate surface area is 134 Å². The lowest BCUT2D eigenvalue weighted by Gasteiger charge is -2.06. The number of halogens is 1. The predicted octanol–water partition coefficient (Wildman–Crippen LogP) is 5.68. The van der Waals surface area contributed by atoms with Crippen molar-refractivity contribution < 1.29 is 0 Å². The lowest BCUT2D eigenvalue weighted by atomic mass is 10.1. The smallest absolute Gasteiger partial charge is 0.182 e. The molecule has 1 N–H and O–H groups in total. The van der Waals surface area contributed by atoms with E-state index in [9.17, 15) is 0 Å². The van der Waals surface area contributed by atoms with Gasteiger partial charge in [0, 0.05) is 10.7 Å². The highest BCUT2D eigenvalue weighted by Crippen LogP contribution is 2.23. The molecule has 2 nitrogen and oxygen atoms in total. The van der Waals surface area contributed by atoms with Crippen LogP contribution >= 0.6 is 23.8 Å². The van der Waals surface area contributed by atoms with Gasteiger partial charge in [-0.1, -0.05) is 37.1 Å². The van der Waals surface area contributed by atoms with E-state index < -0.39 is 0 Å². The van der Waals surface area contributed by atoms with E-state index in [2.05, 4.69) is 36.2 Å². The van der Waals surface area contributed by atoms with Crippen LogP contribution in [0.4, 0.5) is 0 Å². The fourth-order valence-corrected chi connectivity index (χ4v) is 3.00. The molecular weight excluding hydrogens is 300 g/mol. The molecule has 108 valence electrons. The zero-order valence-corrected chi connectivity index (χ0v) is 13.5. The number of hydrogen-bond acceptors (Lipinski definition) is 1. The molecule has 2 aromatic carbocycles. The van der Waals surface area contributed by atoms with Crippen molar-refractivity contribution in [2.75, 3.05) is 0 Å². The van der Waals surface area contributed by atoms with Gasteiger partial charge < -0.3 is 4.98 Å². The number of H-pyrrole nitrogens is 1. The minimum Gasteiger partial charge on any atom is -0.330 e. The van der Waals surface area contributed by atoms with E-state index in [1.54, 1.807) is 0 Å². The second kappa shape index (κ2) is 6.04. The summed E-state index contributed by atoms with van der Waals surface area (Å²) in [6.07, 6.45) is 3.57. The Kier molecular flexibility index (Phi) is 4.13. The number of nitrogens with zero attached hydrogens (tertiary/aromatic N) is 1. The summed E-state index contributed by atoms with van der Waals surface area (Å²) in [5, 5.41) is 0.713. The Balaban J connectivity index is 2.05. The van der Waals surface area contributed by atoms with Gasteiger partial charge in [0.25, 0.3) is 0 Å². The topological polar surface area (TPSA) is 20.7 Å². The number of imidazole rings is 1. The molecule has 4 heteroatoms. The maximum absolute atomic E-state index is 6.11. The minimum atomic E-state index is 0.688. The van der Waals surface area contributed by atoms with Gasteiger partial charge in [0.15, 0.2) is 4.77 Å². The molecule has 0 saturated heterocycles. The highest BCUT2D eigenvalue weighted by atomic mass is 35.5. The van der Waals surface area contributed by atoms with Crippen molar-refractivity contribution in [3.05, 3.63) is 57.8 Å². The first kappa shape index (κ1) is 14.4. The molecule has 0 aliphatic heterocycles. The summed E-state index contributed by atoms with van der Waals surface area (Å²) in [6.45, 7) is 2.21. The molecule has 0 fully saturated rings. The summed E-state index contributed by atoms with van der Waals surface area (Å²) in [4.78, 5) is 3.22. The average molecular weight is 317 g/mol. The van der Waals surface area contributed by atoms with Crippen molar-refractivity contribution in [3.63, 3.8) is 0 Å². The van der Waals surface area contributed by atoms with Crippen LogP contribution in [-0.4, -0.2) is 9.55 Å². The first-order valence-corrected chi connectivity index (χ1v) is 7.97. The summed E-state index contributed by atoms with van der Waals surface area (Å²) in [7, 11) is 0. The Hall–Kier alpha value is -1.58. The molecule has 21 heavy (non-hydrogen) atoms. The quantitative estimate of drug-likeness (QED) is 0.614. The van der Waals surface area contributed by atoms with Gasteiger partial charge in [-0.15, -0.1) is 0 Å². The van der Waals surface area contributed by atoms with Crippen LogP contribution in [0.5, 0.6) is 0 Å². The van der Waals surface area contributed by atoms with Gasteiger partial charge in [-0.05, 0) is 61.0 Å². The van der Waals surface area contributed by atoms with Gasteiger partial charge in [0.2, 0.25) is 0 Å². The number of aromatic nitrogens is 2. The molecule has 1 heterocycles. The average Bonchev–Trinajstić information content (AvgIpc) is 2.81. The second-order valence-corrected chi connectivity index (χ2v) is 6.02. The largest absolute Gasteiger partial charge is 0.330 e. The van der Waals surface area contributed by atoms with E-state index in [0.29, 0.717) is 9.79 Å². The highest BCUT2D eigenvalue weighted by molar-refractivity contribution is 7.71. The third kappa shape index (κ3) is 2.89. The maximum atomic E-state index is 6.11. The minimum absolute atomic E-state index is 0.688. The van der Waals surface area contributed by atoms with Crippen LogP contribution in [0.2, 0.25) is 5.02 Å². The van der Waals surface area contributed by atoms with Gasteiger partial charge in [0.05, 0.1) is 11.0 Å². The standard InChI is InChI=1S/C17H17ClN2S/c1-2-3-4-12-5-8-14(9-6-12)20-16-11-13(18)7-10-15(16)19-17(20)21/h5-11H,2-4H2,1H3,(H,19,21). The van der Waals surface area contributed by atoms with E-state index in [1.807, 2.05) is 22.8 Å². The molecule has 1 aromatic heterocycles. The van der Waals surface area contributed by atoms with Crippen molar-refractivity contribution in [1.29, 1.82) is 0 Å². The van der Waals surface area contributed by atoms with Crippen LogP contribution < -0.4 is 0 Å². The zero-order chi connectivity index (χ0) is 14.8. The second-order valence-electron chi connectivity index (χ2n) is 5.20. The summed E-state index contributed by atoms with van der Waals surface area (Å²) in [5.74, 6) is 0. The SMILES string of the molecule is CCCCc1ccc(-n2c(=S)[nH]c3ccc(Cl)cc32)cc1. The maximum Gasteiger partial charge on any atom is 0.182 e. The van der Waals surface area contributed by atoms with Crippen molar-refractivity contribution in [1.82, 2.24) is 9.55 Å². The number of benzene rings is 2. The number of fused-ring (bicyclic) bond motifs is 1. The molecule has 3 rings (SSSR count). The Morgan fingerprint density at radius 2 is 1.90 bits per heavy atom. The molecule has 0 atom stereocenters. The number of unbranched alkanes of at least 4 members (excludes halogenated alkanes) is 1.